The van der Waals surface area contributed by atoms with Crippen LogP contribution in [0.3, 0.4) is 0 Å². The summed E-state index contributed by atoms with van der Waals surface area (Å²) in [6, 6.07) is 9.13. The molecule has 3 aromatic carbocycles. The average Bonchev–Trinajstić information content (AvgIpc) is 3.31. The zero-order valence-corrected chi connectivity index (χ0v) is 28.2. The molecule has 1 N–H and O–H groups in total. The van der Waals surface area contributed by atoms with Gasteiger partial charge in [0, 0.05) is 24.2 Å². The standard InChI is InChI=1S/C37H32F7N3O5/c1-18-10-21(34(48)49)6-7-26(18)22-14-27(33(51-4)28(38)15-22)31-19(2)11-30(46-8-5-9-46)45-29(31)17-47-20(3)32(52-35(47)50)23-12-24(36(39,40)41)16-25(13-23)37(42,43)44/h6-7,10-16,20,32H,5,8-9,17H2,1-4H3,(H,48,49)/t20-,32-/m0/s1. The molecule has 274 valence electrons. The summed E-state index contributed by atoms with van der Waals surface area (Å²) in [5.74, 6) is -1.46. The second-order valence-corrected chi connectivity index (χ2v) is 12.8. The molecule has 2 aliphatic heterocycles. The van der Waals surface area contributed by atoms with Crippen molar-refractivity contribution in [3.63, 3.8) is 0 Å². The summed E-state index contributed by atoms with van der Waals surface area (Å²) >= 11 is 0. The van der Waals surface area contributed by atoms with Crippen LogP contribution in [-0.4, -0.2) is 53.3 Å². The van der Waals surface area contributed by atoms with Gasteiger partial charge in [0.05, 0.1) is 42.1 Å². The zero-order chi connectivity index (χ0) is 37.9. The minimum absolute atomic E-state index is 0.00556. The smallest absolute Gasteiger partial charge is 0.416 e. The molecule has 3 heterocycles. The van der Waals surface area contributed by atoms with Gasteiger partial charge >= 0.3 is 24.4 Å². The molecule has 4 aromatic rings. The number of carboxylic acids is 1. The fourth-order valence-corrected chi connectivity index (χ4v) is 6.64. The normalized spacial score (nSPS) is 17.6. The van der Waals surface area contributed by atoms with Crippen LogP contribution in [0.15, 0.2) is 54.6 Å². The number of alkyl halides is 6. The van der Waals surface area contributed by atoms with Crippen LogP contribution in [0.2, 0.25) is 0 Å². The van der Waals surface area contributed by atoms with Crippen LogP contribution in [0.1, 0.15) is 63.3 Å². The van der Waals surface area contributed by atoms with Crippen molar-refractivity contribution in [2.24, 2.45) is 0 Å². The molecule has 2 atom stereocenters. The van der Waals surface area contributed by atoms with Gasteiger partial charge in [-0.2, -0.15) is 26.3 Å². The van der Waals surface area contributed by atoms with Crippen molar-refractivity contribution in [1.29, 1.82) is 0 Å². The van der Waals surface area contributed by atoms with E-state index < -0.39 is 59.1 Å². The van der Waals surface area contributed by atoms with Crippen molar-refractivity contribution >= 4 is 17.9 Å². The Bertz CT molecular complexity index is 2050. The van der Waals surface area contributed by atoms with Crippen LogP contribution in [0.4, 0.5) is 41.3 Å². The van der Waals surface area contributed by atoms with Crippen molar-refractivity contribution < 1.29 is 54.9 Å². The van der Waals surface area contributed by atoms with Gasteiger partial charge in [0.2, 0.25) is 0 Å². The Morgan fingerprint density at radius 2 is 1.60 bits per heavy atom. The molecule has 0 aliphatic carbocycles. The Labute approximate surface area is 293 Å². The highest BCUT2D eigenvalue weighted by molar-refractivity contribution is 5.89. The Kier molecular flexibility index (Phi) is 9.34. The Balaban J connectivity index is 1.46. The van der Waals surface area contributed by atoms with Crippen molar-refractivity contribution in [2.75, 3.05) is 25.1 Å². The average molecular weight is 732 g/mol. The van der Waals surface area contributed by atoms with Crippen molar-refractivity contribution in [2.45, 2.75) is 58.2 Å². The highest BCUT2D eigenvalue weighted by atomic mass is 19.4. The fraction of sp³-hybridized carbons (Fsp3) is 0.324. The number of hydrogen-bond acceptors (Lipinski definition) is 6. The van der Waals surface area contributed by atoms with Crippen LogP contribution in [0.5, 0.6) is 5.75 Å². The van der Waals surface area contributed by atoms with Gasteiger partial charge in [-0.05, 0) is 104 Å². The number of hydrogen-bond donors (Lipinski definition) is 1. The minimum Gasteiger partial charge on any atom is -0.493 e. The van der Waals surface area contributed by atoms with Crippen LogP contribution in [-0.2, 0) is 23.6 Å². The zero-order valence-electron chi connectivity index (χ0n) is 28.2. The lowest BCUT2D eigenvalue weighted by atomic mass is 9.91. The summed E-state index contributed by atoms with van der Waals surface area (Å²) in [7, 11) is 1.28. The number of aromatic carboxylic acids is 1. The van der Waals surface area contributed by atoms with Crippen LogP contribution < -0.4 is 9.64 Å². The van der Waals surface area contributed by atoms with E-state index in [0.717, 1.165) is 11.3 Å². The third-order valence-corrected chi connectivity index (χ3v) is 9.41. The topological polar surface area (TPSA) is 92.2 Å². The lowest BCUT2D eigenvalue weighted by Crippen LogP contribution is -2.38. The molecule has 8 nitrogen and oxygen atoms in total. The third kappa shape index (κ3) is 6.83. The van der Waals surface area contributed by atoms with Gasteiger partial charge < -0.3 is 19.5 Å². The van der Waals surface area contributed by atoms with E-state index in [1.165, 1.54) is 32.2 Å². The van der Waals surface area contributed by atoms with E-state index in [4.69, 9.17) is 14.5 Å². The third-order valence-electron chi connectivity index (χ3n) is 9.41. The number of halogens is 7. The number of carbonyl (C=O) groups excluding carboxylic acids is 1. The number of cyclic esters (lactones) is 1. The molecular weight excluding hydrogens is 699 g/mol. The molecule has 6 rings (SSSR count). The fourth-order valence-electron chi connectivity index (χ4n) is 6.64. The summed E-state index contributed by atoms with van der Waals surface area (Å²) < 4.78 is 109. The van der Waals surface area contributed by atoms with Gasteiger partial charge in [-0.3, -0.25) is 4.90 Å². The molecular formula is C37H32F7N3O5. The molecule has 0 bridgehead atoms. The lowest BCUT2D eigenvalue weighted by Gasteiger charge is -2.33. The number of aryl methyl sites for hydroxylation is 2. The number of carbonyl (C=O) groups is 2. The first kappa shape index (κ1) is 36.5. The van der Waals surface area contributed by atoms with E-state index in [-0.39, 0.29) is 35.2 Å². The van der Waals surface area contributed by atoms with Crippen molar-refractivity contribution in [3.05, 3.63) is 99.5 Å². The van der Waals surface area contributed by atoms with Crippen molar-refractivity contribution in [3.8, 4) is 28.0 Å². The summed E-state index contributed by atoms with van der Waals surface area (Å²) in [4.78, 5) is 32.9. The van der Waals surface area contributed by atoms with Gasteiger partial charge in [-0.15, -0.1) is 0 Å². The first-order valence-electron chi connectivity index (χ1n) is 16.1. The van der Waals surface area contributed by atoms with E-state index in [1.807, 2.05) is 4.90 Å². The number of amides is 1. The summed E-state index contributed by atoms with van der Waals surface area (Å²) in [5.41, 5.74) is -0.540. The largest absolute Gasteiger partial charge is 0.493 e. The molecule has 1 aromatic heterocycles. The number of aromatic nitrogens is 1. The Morgan fingerprint density at radius 1 is 0.942 bits per heavy atom. The van der Waals surface area contributed by atoms with E-state index in [2.05, 4.69) is 0 Å². The predicted molar refractivity (Wildman–Crippen MR) is 176 cm³/mol. The Hall–Kier alpha value is -5.34. The van der Waals surface area contributed by atoms with E-state index in [1.54, 1.807) is 32.0 Å². The molecule has 0 saturated carbocycles. The van der Waals surface area contributed by atoms with E-state index in [0.29, 0.717) is 58.9 Å². The Morgan fingerprint density at radius 3 is 2.13 bits per heavy atom. The molecule has 2 fully saturated rings. The number of anilines is 1. The first-order chi connectivity index (χ1) is 24.4. The molecule has 2 aliphatic rings. The highest BCUT2D eigenvalue weighted by Gasteiger charge is 2.44. The maximum atomic E-state index is 15.9. The second-order valence-electron chi connectivity index (χ2n) is 12.8. The summed E-state index contributed by atoms with van der Waals surface area (Å²) in [6.07, 6.45) is -11.8. The van der Waals surface area contributed by atoms with Gasteiger partial charge in [0.15, 0.2) is 11.6 Å². The molecule has 0 radical (unpaired) electrons. The van der Waals surface area contributed by atoms with Crippen LogP contribution in [0, 0.1) is 19.7 Å². The van der Waals surface area contributed by atoms with Gasteiger partial charge in [-0.25, -0.2) is 19.0 Å². The predicted octanol–water partition coefficient (Wildman–Crippen LogP) is 9.21. The number of benzene rings is 3. The summed E-state index contributed by atoms with van der Waals surface area (Å²) in [5, 5.41) is 9.43. The maximum absolute atomic E-state index is 15.9. The first-order valence-corrected chi connectivity index (χ1v) is 16.1. The number of rotatable bonds is 8. The van der Waals surface area contributed by atoms with Crippen LogP contribution >= 0.6 is 0 Å². The molecule has 2 saturated heterocycles. The highest BCUT2D eigenvalue weighted by Crippen LogP contribution is 2.44. The molecule has 52 heavy (non-hydrogen) atoms. The number of methoxy groups -OCH3 is 1. The number of pyridine rings is 1. The lowest BCUT2D eigenvalue weighted by molar-refractivity contribution is -0.143. The van der Waals surface area contributed by atoms with Gasteiger partial charge in [-0.1, -0.05) is 6.07 Å². The second kappa shape index (κ2) is 13.3. The van der Waals surface area contributed by atoms with Gasteiger partial charge in [0.1, 0.15) is 11.9 Å². The number of carboxylic acid groups (broad SMARTS) is 1. The molecule has 1 amide bonds. The molecule has 0 unspecified atom stereocenters. The SMILES string of the molecule is COc1c(F)cc(-c2ccc(C(=O)O)cc2C)cc1-c1c(C)cc(N2CCC2)nc1CN1C(=O)O[C@H](c2cc(C(F)(F)F)cc(C(F)(F)F)c2)[C@@H]1C. The minimum atomic E-state index is -5.10. The van der Waals surface area contributed by atoms with Crippen molar-refractivity contribution in [1.82, 2.24) is 9.88 Å². The van der Waals surface area contributed by atoms with Gasteiger partial charge in [0.25, 0.3) is 0 Å². The monoisotopic (exact) mass is 731 g/mol. The van der Waals surface area contributed by atoms with E-state index in [9.17, 15) is 41.0 Å². The van der Waals surface area contributed by atoms with Crippen LogP contribution in [0.25, 0.3) is 22.3 Å². The number of ether oxygens (including phenoxy) is 2. The molecule has 0 spiro atoms. The number of nitrogens with zero attached hydrogens (tertiary/aromatic N) is 3. The maximum Gasteiger partial charge on any atom is 0.416 e. The quantitative estimate of drug-likeness (QED) is 0.181. The van der Waals surface area contributed by atoms with E-state index >= 15 is 4.39 Å². The summed E-state index contributed by atoms with van der Waals surface area (Å²) in [6.45, 7) is 5.98. The molecule has 15 heteroatoms.